The molecule has 1 aliphatic carbocycles. The number of carbonyl (C=O) groups is 1. The summed E-state index contributed by atoms with van der Waals surface area (Å²) in [5, 5.41) is 3.96. The molecule has 0 radical (unpaired) electrons. The summed E-state index contributed by atoms with van der Waals surface area (Å²) in [6.45, 7) is 4.16. The van der Waals surface area contributed by atoms with Gasteiger partial charge < -0.3 is 4.52 Å². The average Bonchev–Trinajstić information content (AvgIpc) is 2.78. The maximum absolute atomic E-state index is 11.7. The number of ketones is 1. The number of carbonyl (C=O) groups excluding carboxylic acids is 1. The molecular weight excluding hydrogens is 204 g/mol. The van der Waals surface area contributed by atoms with E-state index in [0.717, 1.165) is 31.5 Å². The van der Waals surface area contributed by atoms with Crippen molar-refractivity contribution < 1.29 is 9.32 Å². The van der Waals surface area contributed by atoms with Gasteiger partial charge in [-0.05, 0) is 19.3 Å². The quantitative estimate of drug-likeness (QED) is 0.789. The Kier molecular flexibility index (Phi) is 3.36. The Labute approximate surface area is 95.4 Å². The van der Waals surface area contributed by atoms with E-state index >= 15 is 0 Å². The van der Waals surface area contributed by atoms with Gasteiger partial charge in [0, 0.05) is 12.3 Å². The maximum Gasteiger partial charge on any atom is 0.237 e. The molecular formula is C12H18N2O2. The van der Waals surface area contributed by atoms with Crippen molar-refractivity contribution in [3.05, 3.63) is 11.7 Å². The van der Waals surface area contributed by atoms with Crippen LogP contribution in [0.3, 0.4) is 0 Å². The van der Waals surface area contributed by atoms with Crippen molar-refractivity contribution in [3.63, 3.8) is 0 Å². The minimum atomic E-state index is -0.140. The monoisotopic (exact) mass is 222 g/mol. The summed E-state index contributed by atoms with van der Waals surface area (Å²) < 4.78 is 5.22. The van der Waals surface area contributed by atoms with Crippen molar-refractivity contribution in [3.8, 4) is 0 Å². The zero-order valence-electron chi connectivity index (χ0n) is 9.90. The zero-order valence-corrected chi connectivity index (χ0v) is 9.90. The lowest BCUT2D eigenvalue weighted by atomic mass is 9.88. The van der Waals surface area contributed by atoms with Crippen LogP contribution in [0, 0.1) is 0 Å². The second kappa shape index (κ2) is 4.76. The molecule has 1 saturated carbocycles. The molecule has 0 aromatic carbocycles. The minimum Gasteiger partial charge on any atom is -0.339 e. The van der Waals surface area contributed by atoms with Crippen LogP contribution in [0.25, 0.3) is 0 Å². The number of hydrogen-bond donors (Lipinski definition) is 0. The Morgan fingerprint density at radius 2 is 2.31 bits per heavy atom. The van der Waals surface area contributed by atoms with Crippen LogP contribution >= 0.6 is 0 Å². The molecule has 16 heavy (non-hydrogen) atoms. The fraction of sp³-hybridized carbons (Fsp3) is 0.750. The molecule has 1 aromatic heterocycles. The Balaban J connectivity index is 2.14. The predicted molar refractivity (Wildman–Crippen MR) is 59.2 cm³/mol. The molecule has 4 nitrogen and oxygen atoms in total. The standard InChI is InChI=1S/C12H18N2O2/c1-3-8(2)11-13-12(16-14-11)9-6-4-5-7-10(9)15/h8-9H,3-7H2,1-2H3. The van der Waals surface area contributed by atoms with Gasteiger partial charge in [-0.15, -0.1) is 0 Å². The largest absolute Gasteiger partial charge is 0.339 e. The van der Waals surface area contributed by atoms with Gasteiger partial charge in [0.1, 0.15) is 5.78 Å². The third-order valence-corrected chi connectivity index (χ3v) is 3.36. The topological polar surface area (TPSA) is 56.0 Å². The van der Waals surface area contributed by atoms with Crippen molar-refractivity contribution in [1.82, 2.24) is 10.1 Å². The van der Waals surface area contributed by atoms with E-state index in [1.54, 1.807) is 0 Å². The van der Waals surface area contributed by atoms with Gasteiger partial charge in [-0.25, -0.2) is 0 Å². The van der Waals surface area contributed by atoms with E-state index in [1.807, 2.05) is 0 Å². The van der Waals surface area contributed by atoms with Crippen molar-refractivity contribution in [2.45, 2.75) is 57.8 Å². The lowest BCUT2D eigenvalue weighted by molar-refractivity contribution is -0.122. The number of hydrogen-bond acceptors (Lipinski definition) is 4. The van der Waals surface area contributed by atoms with Gasteiger partial charge in [0.2, 0.25) is 5.89 Å². The van der Waals surface area contributed by atoms with Gasteiger partial charge in [-0.1, -0.05) is 25.4 Å². The van der Waals surface area contributed by atoms with Crippen LogP contribution in [0.15, 0.2) is 4.52 Å². The first-order valence-electron chi connectivity index (χ1n) is 6.08. The van der Waals surface area contributed by atoms with E-state index in [1.165, 1.54) is 0 Å². The lowest BCUT2D eigenvalue weighted by Gasteiger charge is -2.16. The second-order valence-corrected chi connectivity index (χ2v) is 4.56. The summed E-state index contributed by atoms with van der Waals surface area (Å²) in [6.07, 6.45) is 4.59. The van der Waals surface area contributed by atoms with Crippen LogP contribution < -0.4 is 0 Å². The summed E-state index contributed by atoms with van der Waals surface area (Å²) in [5.74, 6) is 1.68. The van der Waals surface area contributed by atoms with Crippen molar-refractivity contribution >= 4 is 5.78 Å². The fourth-order valence-electron chi connectivity index (χ4n) is 2.02. The van der Waals surface area contributed by atoms with Crippen molar-refractivity contribution in [1.29, 1.82) is 0 Å². The van der Waals surface area contributed by atoms with E-state index in [4.69, 9.17) is 4.52 Å². The van der Waals surface area contributed by atoms with Crippen LogP contribution in [0.4, 0.5) is 0 Å². The number of Topliss-reactive ketones (excluding diaryl/α,β-unsaturated/α-hetero) is 1. The molecule has 88 valence electrons. The van der Waals surface area contributed by atoms with Gasteiger partial charge in [-0.3, -0.25) is 4.79 Å². The first kappa shape index (κ1) is 11.3. The highest BCUT2D eigenvalue weighted by Gasteiger charge is 2.29. The molecule has 0 spiro atoms. The van der Waals surface area contributed by atoms with Gasteiger partial charge in [0.15, 0.2) is 5.82 Å². The van der Waals surface area contributed by atoms with Crippen LogP contribution in [0.1, 0.15) is 69.5 Å². The molecule has 1 heterocycles. The molecule has 0 N–H and O–H groups in total. The summed E-state index contributed by atoms with van der Waals surface area (Å²) in [6, 6.07) is 0. The molecule has 0 bridgehead atoms. The predicted octanol–water partition coefficient (Wildman–Crippen LogP) is 2.81. The Morgan fingerprint density at radius 1 is 1.50 bits per heavy atom. The van der Waals surface area contributed by atoms with Gasteiger partial charge in [0.05, 0.1) is 5.92 Å². The van der Waals surface area contributed by atoms with E-state index in [-0.39, 0.29) is 11.7 Å². The second-order valence-electron chi connectivity index (χ2n) is 4.56. The Morgan fingerprint density at radius 3 is 3.00 bits per heavy atom. The van der Waals surface area contributed by atoms with Gasteiger partial charge >= 0.3 is 0 Å². The fourth-order valence-corrected chi connectivity index (χ4v) is 2.02. The summed E-state index contributed by atoms with van der Waals surface area (Å²) in [5.41, 5.74) is 0. The molecule has 1 aliphatic rings. The molecule has 1 fully saturated rings. The normalized spacial score (nSPS) is 23.4. The number of rotatable bonds is 3. The summed E-state index contributed by atoms with van der Waals surface area (Å²) in [7, 11) is 0. The minimum absolute atomic E-state index is 0.140. The first-order chi connectivity index (χ1) is 7.72. The average molecular weight is 222 g/mol. The molecule has 2 rings (SSSR count). The van der Waals surface area contributed by atoms with E-state index in [2.05, 4.69) is 24.0 Å². The third kappa shape index (κ3) is 2.15. The van der Waals surface area contributed by atoms with Crippen LogP contribution in [0.5, 0.6) is 0 Å². The molecule has 4 heteroatoms. The Bertz CT molecular complexity index is 373. The maximum atomic E-state index is 11.7. The van der Waals surface area contributed by atoms with Crippen LogP contribution in [-0.4, -0.2) is 15.9 Å². The highest BCUT2D eigenvalue weighted by molar-refractivity contribution is 5.85. The van der Waals surface area contributed by atoms with E-state index in [9.17, 15) is 4.79 Å². The molecule has 0 amide bonds. The molecule has 0 saturated heterocycles. The molecule has 1 aromatic rings. The van der Waals surface area contributed by atoms with Gasteiger partial charge in [-0.2, -0.15) is 4.98 Å². The summed E-state index contributed by atoms with van der Waals surface area (Å²) >= 11 is 0. The van der Waals surface area contributed by atoms with E-state index in [0.29, 0.717) is 18.2 Å². The highest BCUT2D eigenvalue weighted by atomic mass is 16.5. The smallest absolute Gasteiger partial charge is 0.237 e. The first-order valence-corrected chi connectivity index (χ1v) is 6.08. The number of aromatic nitrogens is 2. The lowest BCUT2D eigenvalue weighted by Crippen LogP contribution is -2.17. The van der Waals surface area contributed by atoms with Crippen LogP contribution in [-0.2, 0) is 4.79 Å². The molecule has 0 aliphatic heterocycles. The Hall–Kier alpha value is -1.19. The molecule has 2 unspecified atom stereocenters. The third-order valence-electron chi connectivity index (χ3n) is 3.36. The van der Waals surface area contributed by atoms with Crippen LogP contribution in [0.2, 0.25) is 0 Å². The number of nitrogens with zero attached hydrogens (tertiary/aromatic N) is 2. The summed E-state index contributed by atoms with van der Waals surface area (Å²) in [4.78, 5) is 16.1. The zero-order chi connectivity index (χ0) is 11.5. The SMILES string of the molecule is CCC(C)c1noc(C2CCCCC2=O)n1. The van der Waals surface area contributed by atoms with Crippen molar-refractivity contribution in [2.75, 3.05) is 0 Å². The highest BCUT2D eigenvalue weighted by Crippen LogP contribution is 2.29. The van der Waals surface area contributed by atoms with Crippen molar-refractivity contribution in [2.24, 2.45) is 0 Å². The molecule has 2 atom stereocenters. The van der Waals surface area contributed by atoms with E-state index < -0.39 is 0 Å². The van der Waals surface area contributed by atoms with Gasteiger partial charge in [0.25, 0.3) is 0 Å².